The van der Waals surface area contributed by atoms with Gasteiger partial charge in [-0.05, 0) is 45.7 Å². The molecule has 0 aliphatic rings. The van der Waals surface area contributed by atoms with Crippen molar-refractivity contribution >= 4 is 5.91 Å². The van der Waals surface area contributed by atoms with Crippen molar-refractivity contribution in [3.05, 3.63) is 28.8 Å². The number of carbonyl (C=O) groups excluding carboxylic acids is 1. The van der Waals surface area contributed by atoms with E-state index in [1.807, 2.05) is 46.8 Å². The molecule has 0 spiro atoms. The topological polar surface area (TPSA) is 49.8 Å². The first-order valence-electron chi connectivity index (χ1n) is 6.97. The van der Waals surface area contributed by atoms with Gasteiger partial charge < -0.3 is 14.7 Å². The summed E-state index contributed by atoms with van der Waals surface area (Å²) in [7, 11) is 0. The molecule has 1 rings (SSSR count). The summed E-state index contributed by atoms with van der Waals surface area (Å²) >= 11 is 0. The van der Waals surface area contributed by atoms with Crippen LogP contribution >= 0.6 is 0 Å². The standard InChI is InChI=1S/C16H25NO3/c1-11(2)17(6-7-18)15(19)10-20-16-13(4)8-12(3)9-14(16)5/h8-9,11,18H,6-7,10H2,1-5H3. The highest BCUT2D eigenvalue weighted by Crippen LogP contribution is 2.24. The predicted molar refractivity (Wildman–Crippen MR) is 80.1 cm³/mol. The van der Waals surface area contributed by atoms with Crippen molar-refractivity contribution < 1.29 is 14.6 Å². The molecule has 0 heterocycles. The first-order chi connectivity index (χ1) is 9.36. The molecule has 1 amide bonds. The molecule has 0 fully saturated rings. The Morgan fingerprint density at radius 2 is 1.80 bits per heavy atom. The van der Waals surface area contributed by atoms with Gasteiger partial charge in [-0.15, -0.1) is 0 Å². The Hall–Kier alpha value is -1.55. The third kappa shape index (κ3) is 4.23. The summed E-state index contributed by atoms with van der Waals surface area (Å²) in [4.78, 5) is 13.8. The molecule has 0 unspecified atom stereocenters. The molecule has 0 saturated carbocycles. The van der Waals surface area contributed by atoms with Crippen LogP contribution < -0.4 is 4.74 Å². The van der Waals surface area contributed by atoms with Crippen molar-refractivity contribution in [2.24, 2.45) is 0 Å². The average molecular weight is 279 g/mol. The van der Waals surface area contributed by atoms with E-state index in [0.29, 0.717) is 6.54 Å². The van der Waals surface area contributed by atoms with Gasteiger partial charge in [-0.1, -0.05) is 17.7 Å². The SMILES string of the molecule is Cc1cc(C)c(OCC(=O)N(CCO)C(C)C)c(C)c1. The number of hydrogen-bond acceptors (Lipinski definition) is 3. The van der Waals surface area contributed by atoms with Crippen LogP contribution in [0.3, 0.4) is 0 Å². The quantitative estimate of drug-likeness (QED) is 0.868. The predicted octanol–water partition coefficient (Wildman–Crippen LogP) is 2.22. The second-order valence-corrected chi connectivity index (χ2v) is 5.42. The summed E-state index contributed by atoms with van der Waals surface area (Å²) in [6, 6.07) is 4.14. The van der Waals surface area contributed by atoms with E-state index in [4.69, 9.17) is 9.84 Å². The average Bonchev–Trinajstić information content (AvgIpc) is 2.33. The highest BCUT2D eigenvalue weighted by molar-refractivity contribution is 5.78. The molecule has 0 atom stereocenters. The van der Waals surface area contributed by atoms with E-state index in [9.17, 15) is 4.79 Å². The van der Waals surface area contributed by atoms with E-state index < -0.39 is 0 Å². The van der Waals surface area contributed by atoms with Gasteiger partial charge in [-0.3, -0.25) is 4.79 Å². The molecule has 0 saturated heterocycles. The van der Waals surface area contributed by atoms with Gasteiger partial charge in [-0.25, -0.2) is 0 Å². The highest BCUT2D eigenvalue weighted by Gasteiger charge is 2.17. The van der Waals surface area contributed by atoms with Crippen molar-refractivity contribution in [2.75, 3.05) is 19.8 Å². The third-order valence-electron chi connectivity index (χ3n) is 3.23. The number of amides is 1. The fraction of sp³-hybridized carbons (Fsp3) is 0.562. The fourth-order valence-electron chi connectivity index (χ4n) is 2.39. The Bertz CT molecular complexity index is 446. The van der Waals surface area contributed by atoms with E-state index >= 15 is 0 Å². The summed E-state index contributed by atoms with van der Waals surface area (Å²) in [5.41, 5.74) is 3.25. The molecular weight excluding hydrogens is 254 g/mol. The number of aryl methyl sites for hydroxylation is 3. The smallest absolute Gasteiger partial charge is 0.260 e. The zero-order valence-electron chi connectivity index (χ0n) is 13.1. The summed E-state index contributed by atoms with van der Waals surface area (Å²) in [5, 5.41) is 9.00. The maximum Gasteiger partial charge on any atom is 0.260 e. The molecule has 0 aliphatic heterocycles. The Morgan fingerprint density at radius 3 is 2.25 bits per heavy atom. The highest BCUT2D eigenvalue weighted by atomic mass is 16.5. The van der Waals surface area contributed by atoms with E-state index in [0.717, 1.165) is 16.9 Å². The third-order valence-corrected chi connectivity index (χ3v) is 3.23. The molecule has 20 heavy (non-hydrogen) atoms. The molecule has 4 nitrogen and oxygen atoms in total. The number of carbonyl (C=O) groups is 1. The van der Waals surface area contributed by atoms with E-state index in [1.54, 1.807) is 4.90 Å². The van der Waals surface area contributed by atoms with Gasteiger partial charge in [0.2, 0.25) is 0 Å². The van der Waals surface area contributed by atoms with Gasteiger partial charge in [0.15, 0.2) is 6.61 Å². The molecule has 112 valence electrons. The summed E-state index contributed by atoms with van der Waals surface area (Å²) in [6.07, 6.45) is 0. The van der Waals surface area contributed by atoms with Crippen LogP contribution in [-0.2, 0) is 4.79 Å². The molecular formula is C16H25NO3. The minimum Gasteiger partial charge on any atom is -0.483 e. The lowest BCUT2D eigenvalue weighted by Gasteiger charge is -2.26. The largest absolute Gasteiger partial charge is 0.483 e. The van der Waals surface area contributed by atoms with Crippen molar-refractivity contribution in [3.8, 4) is 5.75 Å². The van der Waals surface area contributed by atoms with Gasteiger partial charge in [0.05, 0.1) is 6.61 Å². The van der Waals surface area contributed by atoms with Gasteiger partial charge in [0.1, 0.15) is 5.75 Å². The number of aliphatic hydroxyl groups is 1. The van der Waals surface area contributed by atoms with Crippen LogP contribution in [0.1, 0.15) is 30.5 Å². The molecule has 1 aromatic carbocycles. The van der Waals surface area contributed by atoms with Gasteiger partial charge in [0.25, 0.3) is 5.91 Å². The lowest BCUT2D eigenvalue weighted by atomic mass is 10.1. The van der Waals surface area contributed by atoms with Crippen molar-refractivity contribution in [2.45, 2.75) is 40.7 Å². The Labute approximate surface area is 121 Å². The van der Waals surface area contributed by atoms with Crippen LogP contribution in [0.4, 0.5) is 0 Å². The van der Waals surface area contributed by atoms with E-state index in [-0.39, 0.29) is 25.2 Å². The van der Waals surface area contributed by atoms with Crippen LogP contribution in [0.15, 0.2) is 12.1 Å². The van der Waals surface area contributed by atoms with Crippen molar-refractivity contribution in [1.82, 2.24) is 4.90 Å². The normalized spacial score (nSPS) is 10.8. The maximum absolute atomic E-state index is 12.1. The molecule has 0 radical (unpaired) electrons. The van der Waals surface area contributed by atoms with Crippen molar-refractivity contribution in [3.63, 3.8) is 0 Å². The van der Waals surface area contributed by atoms with Gasteiger partial charge in [-0.2, -0.15) is 0 Å². The van der Waals surface area contributed by atoms with E-state index in [2.05, 4.69) is 0 Å². The monoisotopic (exact) mass is 279 g/mol. The van der Waals surface area contributed by atoms with Gasteiger partial charge >= 0.3 is 0 Å². The number of ether oxygens (including phenoxy) is 1. The minimum atomic E-state index is -0.103. The first-order valence-corrected chi connectivity index (χ1v) is 6.97. The zero-order valence-corrected chi connectivity index (χ0v) is 13.1. The Balaban J connectivity index is 2.74. The Kier molecular flexibility index (Phi) is 6.02. The summed E-state index contributed by atoms with van der Waals surface area (Å²) in [6.45, 7) is 10.2. The van der Waals surface area contributed by atoms with Crippen LogP contribution in [0.25, 0.3) is 0 Å². The van der Waals surface area contributed by atoms with Crippen LogP contribution in [-0.4, -0.2) is 41.7 Å². The number of aliphatic hydroxyl groups excluding tert-OH is 1. The van der Waals surface area contributed by atoms with Crippen LogP contribution in [0.5, 0.6) is 5.75 Å². The van der Waals surface area contributed by atoms with Gasteiger partial charge in [0, 0.05) is 12.6 Å². The number of nitrogens with zero attached hydrogens (tertiary/aromatic N) is 1. The van der Waals surface area contributed by atoms with Crippen LogP contribution in [0, 0.1) is 20.8 Å². The van der Waals surface area contributed by atoms with Crippen molar-refractivity contribution in [1.29, 1.82) is 0 Å². The number of rotatable bonds is 6. The lowest BCUT2D eigenvalue weighted by Crippen LogP contribution is -2.41. The van der Waals surface area contributed by atoms with Crippen LogP contribution in [0.2, 0.25) is 0 Å². The fourth-order valence-corrected chi connectivity index (χ4v) is 2.39. The van der Waals surface area contributed by atoms with E-state index in [1.165, 1.54) is 5.56 Å². The molecule has 0 aromatic heterocycles. The molecule has 4 heteroatoms. The lowest BCUT2D eigenvalue weighted by molar-refractivity contribution is -0.135. The molecule has 1 aromatic rings. The minimum absolute atomic E-state index is 0.00290. The molecule has 0 bridgehead atoms. The second kappa shape index (κ2) is 7.29. The first kappa shape index (κ1) is 16.5. The number of hydrogen-bond donors (Lipinski definition) is 1. The summed E-state index contributed by atoms with van der Waals surface area (Å²) < 4.78 is 5.69. The number of benzene rings is 1. The summed E-state index contributed by atoms with van der Waals surface area (Å²) in [5.74, 6) is 0.671. The maximum atomic E-state index is 12.1. The molecule has 0 aliphatic carbocycles. The molecule has 1 N–H and O–H groups in total. The zero-order chi connectivity index (χ0) is 15.3. The Morgan fingerprint density at radius 1 is 1.25 bits per heavy atom. The second-order valence-electron chi connectivity index (χ2n) is 5.42.